The third kappa shape index (κ3) is 6.97. The smallest absolute Gasteiger partial charge is 0.0113 e. The minimum atomic E-state index is 0.774. The van der Waals surface area contributed by atoms with Crippen LogP contribution in [-0.2, 0) is 0 Å². The number of piperazine rings is 1. The molecule has 0 radical (unpaired) electrons. The lowest BCUT2D eigenvalue weighted by Crippen LogP contribution is -2.49. The topological polar surface area (TPSA) is 9.72 Å². The van der Waals surface area contributed by atoms with Crippen molar-refractivity contribution in [2.24, 2.45) is 5.92 Å². The first-order chi connectivity index (χ1) is 10.7. The summed E-state index contributed by atoms with van der Waals surface area (Å²) >= 11 is 0. The maximum atomic E-state index is 2.69. The summed E-state index contributed by atoms with van der Waals surface area (Å²) in [5.74, 6) is 1.01. The van der Waals surface area contributed by atoms with Crippen molar-refractivity contribution in [2.45, 2.75) is 65.8 Å². The molecule has 0 saturated carbocycles. The molecule has 0 aromatic carbocycles. The molecule has 3 heteroatoms. The van der Waals surface area contributed by atoms with Crippen molar-refractivity contribution in [3.63, 3.8) is 0 Å². The van der Waals surface area contributed by atoms with Gasteiger partial charge in [-0.1, -0.05) is 20.8 Å². The minimum absolute atomic E-state index is 0.774. The molecule has 0 bridgehead atoms. The van der Waals surface area contributed by atoms with Crippen molar-refractivity contribution >= 4 is 0 Å². The fourth-order valence-corrected chi connectivity index (χ4v) is 3.64. The minimum Gasteiger partial charge on any atom is -0.306 e. The van der Waals surface area contributed by atoms with Gasteiger partial charge < -0.3 is 9.80 Å². The average molecular weight is 312 g/mol. The molecule has 2 heterocycles. The molecule has 0 spiro atoms. The largest absolute Gasteiger partial charge is 0.306 e. The van der Waals surface area contributed by atoms with Crippen LogP contribution in [-0.4, -0.2) is 73.6 Å². The highest BCUT2D eigenvalue weighted by Gasteiger charge is 2.20. The molecule has 1 unspecified atom stereocenters. The van der Waals surface area contributed by atoms with Crippen LogP contribution in [0.15, 0.2) is 0 Å². The molecule has 3 nitrogen and oxygen atoms in total. The molecule has 0 aliphatic carbocycles. The second-order valence-electron chi connectivity index (χ2n) is 7.02. The molecule has 2 rings (SSSR count). The lowest BCUT2D eigenvalue weighted by atomic mass is 9.92. The Balaban J connectivity index is 0.00000116. The summed E-state index contributed by atoms with van der Waals surface area (Å²) in [6.07, 6.45) is 7.02. The molecule has 2 aliphatic rings. The van der Waals surface area contributed by atoms with E-state index in [0.717, 1.165) is 12.0 Å². The molecule has 0 amide bonds. The van der Waals surface area contributed by atoms with Crippen molar-refractivity contribution < 1.29 is 0 Å². The van der Waals surface area contributed by atoms with Gasteiger partial charge in [0.25, 0.3) is 0 Å². The van der Waals surface area contributed by atoms with Crippen molar-refractivity contribution in [3.05, 3.63) is 0 Å². The summed E-state index contributed by atoms with van der Waals surface area (Å²) in [6, 6.07) is 0.774. The summed E-state index contributed by atoms with van der Waals surface area (Å²) < 4.78 is 0. The highest BCUT2D eigenvalue weighted by Crippen LogP contribution is 2.21. The van der Waals surface area contributed by atoms with Crippen LogP contribution in [0.2, 0.25) is 0 Å². The molecule has 22 heavy (non-hydrogen) atoms. The van der Waals surface area contributed by atoms with E-state index in [4.69, 9.17) is 0 Å². The van der Waals surface area contributed by atoms with Gasteiger partial charge in [-0.25, -0.2) is 0 Å². The van der Waals surface area contributed by atoms with Crippen LogP contribution in [0.4, 0.5) is 0 Å². The van der Waals surface area contributed by atoms with Crippen LogP contribution in [0.5, 0.6) is 0 Å². The van der Waals surface area contributed by atoms with Crippen LogP contribution in [0.25, 0.3) is 0 Å². The normalized spacial score (nSPS) is 23.9. The Morgan fingerprint density at radius 3 is 2.09 bits per heavy atom. The van der Waals surface area contributed by atoms with Gasteiger partial charge in [0.2, 0.25) is 0 Å². The highest BCUT2D eigenvalue weighted by atomic mass is 15.3. The summed E-state index contributed by atoms with van der Waals surface area (Å²) in [6.45, 7) is 17.8. The van der Waals surface area contributed by atoms with Gasteiger partial charge in [-0.05, 0) is 71.6 Å². The van der Waals surface area contributed by atoms with Gasteiger partial charge in [0.05, 0.1) is 0 Å². The molecule has 2 fully saturated rings. The molecule has 1 atom stereocenters. The average Bonchev–Trinajstić information content (AvgIpc) is 2.58. The molecule has 0 aromatic heterocycles. The fourth-order valence-electron chi connectivity index (χ4n) is 3.64. The zero-order valence-electron chi connectivity index (χ0n) is 16.0. The summed E-state index contributed by atoms with van der Waals surface area (Å²) in [7, 11) is 2.26. The Bertz CT molecular complexity index is 253. The van der Waals surface area contributed by atoms with Gasteiger partial charge in [-0.3, -0.25) is 4.90 Å². The Morgan fingerprint density at radius 1 is 0.955 bits per heavy atom. The van der Waals surface area contributed by atoms with Crippen molar-refractivity contribution in [1.29, 1.82) is 0 Å². The van der Waals surface area contributed by atoms with Crippen LogP contribution < -0.4 is 0 Å². The van der Waals surface area contributed by atoms with Crippen LogP contribution in [0.1, 0.15) is 59.8 Å². The number of nitrogens with zero attached hydrogens (tertiary/aromatic N) is 3. The Hall–Kier alpha value is -0.120. The van der Waals surface area contributed by atoms with Crippen LogP contribution >= 0.6 is 0 Å². The zero-order chi connectivity index (χ0) is 16.4. The predicted octanol–water partition coefficient (Wildman–Crippen LogP) is 3.55. The maximum Gasteiger partial charge on any atom is 0.0113 e. The molecule has 132 valence electrons. The summed E-state index contributed by atoms with van der Waals surface area (Å²) in [5, 5.41) is 0. The number of hydrogen-bond acceptors (Lipinski definition) is 3. The molecule has 0 aromatic rings. The molecular formula is C19H41N3. The fraction of sp³-hybridized carbons (Fsp3) is 1.00. The number of hydrogen-bond donors (Lipinski definition) is 0. The van der Waals surface area contributed by atoms with E-state index in [-0.39, 0.29) is 0 Å². The van der Waals surface area contributed by atoms with Crippen LogP contribution in [0.3, 0.4) is 0 Å². The van der Waals surface area contributed by atoms with E-state index in [2.05, 4.69) is 35.6 Å². The van der Waals surface area contributed by atoms with Gasteiger partial charge >= 0.3 is 0 Å². The first-order valence-corrected chi connectivity index (χ1v) is 9.84. The van der Waals surface area contributed by atoms with E-state index in [1.807, 2.05) is 13.8 Å². The first-order valence-electron chi connectivity index (χ1n) is 9.84. The Labute approximate surface area is 140 Å². The number of piperidine rings is 1. The monoisotopic (exact) mass is 311 g/mol. The van der Waals surface area contributed by atoms with Gasteiger partial charge in [0, 0.05) is 32.2 Å². The lowest BCUT2D eigenvalue weighted by molar-refractivity contribution is 0.0974. The van der Waals surface area contributed by atoms with Gasteiger partial charge in [0.1, 0.15) is 0 Å². The standard InChI is InChI=1S/C17H35N3.C2H6/c1-4-16(2)20-14-12-19(13-15-20)9-5-6-17-7-10-18(3)11-8-17;1-2/h16-17H,4-15H2,1-3H3;1-2H3. The number of rotatable bonds is 6. The molecule has 2 saturated heterocycles. The number of likely N-dealkylation sites (tertiary alicyclic amines) is 1. The second-order valence-corrected chi connectivity index (χ2v) is 7.02. The quantitative estimate of drug-likeness (QED) is 0.743. The lowest BCUT2D eigenvalue weighted by Gasteiger charge is -2.38. The van der Waals surface area contributed by atoms with E-state index < -0.39 is 0 Å². The highest BCUT2D eigenvalue weighted by molar-refractivity contribution is 4.76. The molecule has 2 aliphatic heterocycles. The van der Waals surface area contributed by atoms with Gasteiger partial charge in [-0.15, -0.1) is 0 Å². The van der Waals surface area contributed by atoms with E-state index in [9.17, 15) is 0 Å². The van der Waals surface area contributed by atoms with Gasteiger partial charge in [0.15, 0.2) is 0 Å². The Kier molecular flexibility index (Phi) is 10.3. The molecule has 0 N–H and O–H groups in total. The van der Waals surface area contributed by atoms with Crippen molar-refractivity contribution in [1.82, 2.24) is 14.7 Å². The predicted molar refractivity (Wildman–Crippen MR) is 98.6 cm³/mol. The summed E-state index contributed by atoms with van der Waals surface area (Å²) in [5.41, 5.74) is 0. The van der Waals surface area contributed by atoms with E-state index in [0.29, 0.717) is 0 Å². The third-order valence-electron chi connectivity index (χ3n) is 5.55. The van der Waals surface area contributed by atoms with Crippen molar-refractivity contribution in [3.8, 4) is 0 Å². The van der Waals surface area contributed by atoms with E-state index in [1.165, 1.54) is 77.9 Å². The van der Waals surface area contributed by atoms with Crippen molar-refractivity contribution in [2.75, 3.05) is 52.9 Å². The third-order valence-corrected chi connectivity index (χ3v) is 5.55. The summed E-state index contributed by atoms with van der Waals surface area (Å²) in [4.78, 5) is 7.83. The molecular weight excluding hydrogens is 270 g/mol. The second kappa shape index (κ2) is 11.4. The first kappa shape index (κ1) is 19.9. The SMILES string of the molecule is CC.CCC(C)N1CCN(CCCC2CCN(C)CC2)CC1. The van der Waals surface area contributed by atoms with Gasteiger partial charge in [-0.2, -0.15) is 0 Å². The van der Waals surface area contributed by atoms with Crippen LogP contribution in [0, 0.1) is 5.92 Å². The zero-order valence-corrected chi connectivity index (χ0v) is 16.0. The Morgan fingerprint density at radius 2 is 1.55 bits per heavy atom. The maximum absolute atomic E-state index is 2.69. The van der Waals surface area contributed by atoms with E-state index in [1.54, 1.807) is 0 Å². The van der Waals surface area contributed by atoms with E-state index >= 15 is 0 Å².